The second-order valence-corrected chi connectivity index (χ2v) is 4.00. The SMILES string of the molecule is O=[N+]([O-])c1ccc(F)c(-c2nc(Cl)ncc2Cl)c1. The van der Waals surface area contributed by atoms with Crippen LogP contribution < -0.4 is 0 Å². The molecule has 5 nitrogen and oxygen atoms in total. The van der Waals surface area contributed by atoms with E-state index >= 15 is 0 Å². The van der Waals surface area contributed by atoms with Crippen molar-refractivity contribution in [1.82, 2.24) is 9.97 Å². The molecule has 1 aromatic heterocycles. The molecule has 0 aliphatic carbocycles. The van der Waals surface area contributed by atoms with Gasteiger partial charge in [0.2, 0.25) is 5.28 Å². The lowest BCUT2D eigenvalue weighted by Crippen LogP contribution is -1.94. The van der Waals surface area contributed by atoms with Crippen LogP contribution in [0.4, 0.5) is 10.1 Å². The monoisotopic (exact) mass is 287 g/mol. The highest BCUT2D eigenvalue weighted by Crippen LogP contribution is 2.30. The molecule has 8 heteroatoms. The molecule has 1 heterocycles. The number of benzene rings is 1. The molecule has 1 aromatic carbocycles. The van der Waals surface area contributed by atoms with E-state index in [-0.39, 0.29) is 27.3 Å². The van der Waals surface area contributed by atoms with Crippen LogP contribution >= 0.6 is 23.2 Å². The third kappa shape index (κ3) is 2.39. The molecule has 0 saturated heterocycles. The third-order valence-electron chi connectivity index (χ3n) is 2.13. The zero-order valence-corrected chi connectivity index (χ0v) is 10.1. The highest BCUT2D eigenvalue weighted by Gasteiger charge is 2.16. The van der Waals surface area contributed by atoms with Crippen molar-refractivity contribution in [2.45, 2.75) is 0 Å². The molecule has 0 aliphatic rings. The number of hydrogen-bond donors (Lipinski definition) is 0. The zero-order chi connectivity index (χ0) is 13.3. The van der Waals surface area contributed by atoms with Crippen LogP contribution in [-0.4, -0.2) is 14.9 Å². The second-order valence-electron chi connectivity index (χ2n) is 3.26. The molecule has 0 unspecified atom stereocenters. The topological polar surface area (TPSA) is 68.9 Å². The third-order valence-corrected chi connectivity index (χ3v) is 2.59. The normalized spacial score (nSPS) is 10.4. The van der Waals surface area contributed by atoms with E-state index in [1.807, 2.05) is 0 Å². The molecule has 0 radical (unpaired) electrons. The van der Waals surface area contributed by atoms with E-state index in [4.69, 9.17) is 23.2 Å². The number of nitro benzene ring substituents is 1. The molecule has 0 fully saturated rings. The summed E-state index contributed by atoms with van der Waals surface area (Å²) in [6.45, 7) is 0. The zero-order valence-electron chi connectivity index (χ0n) is 8.60. The molecule has 0 spiro atoms. The van der Waals surface area contributed by atoms with Crippen molar-refractivity contribution in [3.63, 3.8) is 0 Å². The largest absolute Gasteiger partial charge is 0.270 e. The van der Waals surface area contributed by atoms with Crippen molar-refractivity contribution in [3.8, 4) is 11.3 Å². The molecule has 0 bridgehead atoms. The Balaban J connectivity index is 2.66. The molecule has 92 valence electrons. The second kappa shape index (κ2) is 4.83. The first-order chi connectivity index (χ1) is 8.49. The summed E-state index contributed by atoms with van der Waals surface area (Å²) in [7, 11) is 0. The van der Waals surface area contributed by atoms with Crippen LogP contribution in [0.15, 0.2) is 24.4 Å². The molecule has 0 saturated carbocycles. The van der Waals surface area contributed by atoms with Gasteiger partial charge in [-0.2, -0.15) is 0 Å². The summed E-state index contributed by atoms with van der Waals surface area (Å²) < 4.78 is 13.6. The van der Waals surface area contributed by atoms with Crippen LogP contribution in [-0.2, 0) is 0 Å². The predicted octanol–water partition coefficient (Wildman–Crippen LogP) is 3.50. The summed E-state index contributed by atoms with van der Waals surface area (Å²) in [5, 5.41) is 10.6. The minimum atomic E-state index is -0.683. The van der Waals surface area contributed by atoms with Gasteiger partial charge in [-0.1, -0.05) is 11.6 Å². The number of nitro groups is 1. The van der Waals surface area contributed by atoms with Gasteiger partial charge in [0.15, 0.2) is 0 Å². The van der Waals surface area contributed by atoms with Crippen LogP contribution in [0.2, 0.25) is 10.3 Å². The van der Waals surface area contributed by atoms with Gasteiger partial charge in [0.1, 0.15) is 5.82 Å². The van der Waals surface area contributed by atoms with Crippen molar-refractivity contribution in [2.24, 2.45) is 0 Å². The molecule has 2 rings (SSSR count). The summed E-state index contributed by atoms with van der Waals surface area (Å²) in [6.07, 6.45) is 1.20. The van der Waals surface area contributed by atoms with Crippen LogP contribution in [0.1, 0.15) is 0 Å². The summed E-state index contributed by atoms with van der Waals surface area (Å²) >= 11 is 11.4. The number of rotatable bonds is 2. The molecule has 18 heavy (non-hydrogen) atoms. The Bertz CT molecular complexity index is 637. The van der Waals surface area contributed by atoms with Crippen LogP contribution in [0.3, 0.4) is 0 Å². The van der Waals surface area contributed by atoms with E-state index in [0.29, 0.717) is 0 Å². The Morgan fingerprint density at radius 3 is 2.72 bits per heavy atom. The average molecular weight is 288 g/mol. The average Bonchev–Trinajstić information content (AvgIpc) is 2.33. The smallest absolute Gasteiger partial charge is 0.258 e. The first kappa shape index (κ1) is 12.7. The number of non-ortho nitro benzene ring substituents is 1. The van der Waals surface area contributed by atoms with E-state index < -0.39 is 10.7 Å². The highest BCUT2D eigenvalue weighted by atomic mass is 35.5. The van der Waals surface area contributed by atoms with Crippen molar-refractivity contribution in [1.29, 1.82) is 0 Å². The van der Waals surface area contributed by atoms with E-state index in [0.717, 1.165) is 18.2 Å². The number of halogens is 3. The van der Waals surface area contributed by atoms with Crippen molar-refractivity contribution >= 4 is 28.9 Å². The van der Waals surface area contributed by atoms with Gasteiger partial charge < -0.3 is 0 Å². The number of nitrogens with zero attached hydrogens (tertiary/aromatic N) is 3. The first-order valence-corrected chi connectivity index (χ1v) is 5.37. The summed E-state index contributed by atoms with van der Waals surface area (Å²) in [5.41, 5.74) is -0.353. The molecule has 0 atom stereocenters. The van der Waals surface area contributed by atoms with Crippen LogP contribution in [0.5, 0.6) is 0 Å². The highest BCUT2D eigenvalue weighted by molar-refractivity contribution is 6.33. The Hall–Kier alpha value is -1.79. The Morgan fingerprint density at radius 2 is 2.06 bits per heavy atom. The minimum absolute atomic E-state index is 0.0119. The van der Waals surface area contributed by atoms with E-state index in [1.54, 1.807) is 0 Å². The van der Waals surface area contributed by atoms with Gasteiger partial charge in [0.25, 0.3) is 5.69 Å². The van der Waals surface area contributed by atoms with Crippen LogP contribution in [0, 0.1) is 15.9 Å². The van der Waals surface area contributed by atoms with Gasteiger partial charge in [-0.3, -0.25) is 10.1 Å². The summed E-state index contributed by atoms with van der Waals surface area (Å²) in [5.74, 6) is -0.683. The maximum absolute atomic E-state index is 13.6. The van der Waals surface area contributed by atoms with E-state index in [9.17, 15) is 14.5 Å². The van der Waals surface area contributed by atoms with Gasteiger partial charge in [-0.15, -0.1) is 0 Å². The lowest BCUT2D eigenvalue weighted by Gasteiger charge is -2.04. The maximum atomic E-state index is 13.6. The van der Waals surface area contributed by atoms with Gasteiger partial charge in [0.05, 0.1) is 21.8 Å². The number of hydrogen-bond acceptors (Lipinski definition) is 4. The van der Waals surface area contributed by atoms with E-state index in [2.05, 4.69) is 9.97 Å². The fourth-order valence-corrected chi connectivity index (χ4v) is 1.67. The predicted molar refractivity (Wildman–Crippen MR) is 64.1 cm³/mol. The standard InChI is InChI=1S/C10H4Cl2FN3O2/c11-7-4-14-10(12)15-9(7)6-3-5(16(17)18)1-2-8(6)13/h1-4H. The minimum Gasteiger partial charge on any atom is -0.258 e. The Kier molecular flexibility index (Phi) is 3.40. The fraction of sp³-hybridized carbons (Fsp3) is 0. The first-order valence-electron chi connectivity index (χ1n) is 4.61. The molecule has 0 N–H and O–H groups in total. The lowest BCUT2D eigenvalue weighted by atomic mass is 10.1. The summed E-state index contributed by atoms with van der Waals surface area (Å²) in [6, 6.07) is 3.06. The Labute approximate surface area is 110 Å². The van der Waals surface area contributed by atoms with Gasteiger partial charge in [-0.25, -0.2) is 14.4 Å². The lowest BCUT2D eigenvalue weighted by molar-refractivity contribution is -0.384. The van der Waals surface area contributed by atoms with Crippen molar-refractivity contribution in [2.75, 3.05) is 0 Å². The van der Waals surface area contributed by atoms with Gasteiger partial charge in [0, 0.05) is 17.7 Å². The summed E-state index contributed by atoms with van der Waals surface area (Å²) in [4.78, 5) is 17.4. The molecular formula is C10H4Cl2FN3O2. The van der Waals surface area contributed by atoms with Gasteiger partial charge >= 0.3 is 0 Å². The molecule has 2 aromatic rings. The van der Waals surface area contributed by atoms with Gasteiger partial charge in [-0.05, 0) is 17.7 Å². The molecule has 0 aliphatic heterocycles. The van der Waals surface area contributed by atoms with Crippen molar-refractivity contribution < 1.29 is 9.31 Å². The van der Waals surface area contributed by atoms with E-state index in [1.165, 1.54) is 6.20 Å². The van der Waals surface area contributed by atoms with Crippen LogP contribution in [0.25, 0.3) is 11.3 Å². The van der Waals surface area contributed by atoms with Crippen molar-refractivity contribution in [3.05, 3.63) is 50.6 Å². The maximum Gasteiger partial charge on any atom is 0.270 e. The Morgan fingerprint density at radius 1 is 1.33 bits per heavy atom. The molecular weight excluding hydrogens is 284 g/mol. The number of aromatic nitrogens is 2. The fourth-order valence-electron chi connectivity index (χ4n) is 1.34. The quantitative estimate of drug-likeness (QED) is 0.482. The molecule has 0 amide bonds.